The molecular formula is C14H16BrN3O. The van der Waals surface area contributed by atoms with E-state index in [4.69, 9.17) is 0 Å². The molecular weight excluding hydrogens is 306 g/mol. The van der Waals surface area contributed by atoms with Crippen molar-refractivity contribution in [2.24, 2.45) is 0 Å². The van der Waals surface area contributed by atoms with Crippen LogP contribution in [0.1, 0.15) is 29.5 Å². The van der Waals surface area contributed by atoms with Crippen LogP contribution in [-0.2, 0) is 6.54 Å². The quantitative estimate of drug-likeness (QED) is 0.934. The first-order chi connectivity index (χ1) is 9.11. The fourth-order valence-corrected chi connectivity index (χ4v) is 2.07. The van der Waals surface area contributed by atoms with E-state index in [-0.39, 0.29) is 5.91 Å². The van der Waals surface area contributed by atoms with Gasteiger partial charge in [-0.25, -0.2) is 4.98 Å². The highest BCUT2D eigenvalue weighted by Gasteiger charge is 2.11. The zero-order valence-corrected chi connectivity index (χ0v) is 12.6. The van der Waals surface area contributed by atoms with Gasteiger partial charge < -0.3 is 9.88 Å². The summed E-state index contributed by atoms with van der Waals surface area (Å²) in [4.78, 5) is 16.5. The van der Waals surface area contributed by atoms with E-state index >= 15 is 0 Å². The second kappa shape index (κ2) is 6.02. The summed E-state index contributed by atoms with van der Waals surface area (Å²) in [6.45, 7) is 4.81. The summed E-state index contributed by atoms with van der Waals surface area (Å²) in [6, 6.07) is 7.35. The topological polar surface area (TPSA) is 46.9 Å². The smallest absolute Gasteiger partial charge is 0.273 e. The second-order valence-corrected chi connectivity index (χ2v) is 5.16. The maximum absolute atomic E-state index is 12.2. The Morgan fingerprint density at radius 2 is 2.21 bits per heavy atom. The number of carbonyl (C=O) groups is 1. The van der Waals surface area contributed by atoms with Crippen LogP contribution in [0.15, 0.2) is 34.9 Å². The Morgan fingerprint density at radius 3 is 2.89 bits per heavy atom. The van der Waals surface area contributed by atoms with Gasteiger partial charge in [-0.05, 0) is 53.5 Å². The molecule has 0 radical (unpaired) electrons. The van der Waals surface area contributed by atoms with Crippen molar-refractivity contribution in [1.82, 2.24) is 9.55 Å². The Bertz CT molecular complexity index is 592. The van der Waals surface area contributed by atoms with Gasteiger partial charge in [-0.1, -0.05) is 6.92 Å². The first kappa shape index (κ1) is 13.8. The van der Waals surface area contributed by atoms with Gasteiger partial charge in [0.25, 0.3) is 5.91 Å². The number of aromatic nitrogens is 2. The van der Waals surface area contributed by atoms with Crippen molar-refractivity contribution in [2.75, 3.05) is 5.32 Å². The Kier molecular flexibility index (Phi) is 4.37. The van der Waals surface area contributed by atoms with E-state index in [9.17, 15) is 4.79 Å². The van der Waals surface area contributed by atoms with Crippen LogP contribution in [0, 0.1) is 6.92 Å². The molecule has 2 aromatic rings. The molecule has 1 N–H and O–H groups in total. The highest BCUT2D eigenvalue weighted by Crippen LogP contribution is 2.17. The molecule has 0 aliphatic rings. The summed E-state index contributed by atoms with van der Waals surface area (Å²) >= 11 is 3.39. The van der Waals surface area contributed by atoms with Gasteiger partial charge in [-0.15, -0.1) is 0 Å². The van der Waals surface area contributed by atoms with Crippen LogP contribution in [0.2, 0.25) is 0 Å². The Labute approximate surface area is 121 Å². The predicted molar refractivity (Wildman–Crippen MR) is 79.4 cm³/mol. The third-order valence-electron chi connectivity index (χ3n) is 2.79. The molecule has 0 saturated carbocycles. The van der Waals surface area contributed by atoms with Crippen LogP contribution in [-0.4, -0.2) is 15.5 Å². The number of nitrogens with zero attached hydrogens (tertiary/aromatic N) is 2. The van der Waals surface area contributed by atoms with Gasteiger partial charge in [0.2, 0.25) is 0 Å². The highest BCUT2D eigenvalue weighted by molar-refractivity contribution is 9.10. The van der Waals surface area contributed by atoms with Crippen molar-refractivity contribution in [1.29, 1.82) is 0 Å². The zero-order chi connectivity index (χ0) is 13.8. The molecule has 19 heavy (non-hydrogen) atoms. The van der Waals surface area contributed by atoms with Gasteiger partial charge in [0, 0.05) is 17.2 Å². The molecule has 0 spiro atoms. The van der Waals surface area contributed by atoms with Crippen LogP contribution in [0.25, 0.3) is 0 Å². The van der Waals surface area contributed by atoms with Crippen molar-refractivity contribution in [3.63, 3.8) is 0 Å². The summed E-state index contributed by atoms with van der Waals surface area (Å²) in [6.07, 6.45) is 2.91. The number of carbonyl (C=O) groups excluding carboxylic acids is 1. The molecule has 0 aliphatic heterocycles. The van der Waals surface area contributed by atoms with Gasteiger partial charge in [0.1, 0.15) is 11.5 Å². The van der Waals surface area contributed by atoms with Crippen LogP contribution in [0.5, 0.6) is 0 Å². The summed E-state index contributed by atoms with van der Waals surface area (Å²) in [7, 11) is 0. The Morgan fingerprint density at radius 1 is 1.42 bits per heavy atom. The largest absolute Gasteiger partial charge is 0.344 e. The number of halogens is 1. The minimum absolute atomic E-state index is 0.132. The van der Waals surface area contributed by atoms with Crippen molar-refractivity contribution in [3.8, 4) is 0 Å². The molecule has 0 aromatic carbocycles. The number of nitrogens with one attached hydrogen (secondary N) is 1. The van der Waals surface area contributed by atoms with E-state index in [0.717, 1.165) is 23.1 Å². The first-order valence-corrected chi connectivity index (χ1v) is 7.00. The molecule has 2 aromatic heterocycles. The number of hydrogen-bond acceptors (Lipinski definition) is 2. The van der Waals surface area contributed by atoms with E-state index in [2.05, 4.69) is 33.2 Å². The monoisotopic (exact) mass is 321 g/mol. The van der Waals surface area contributed by atoms with E-state index in [1.165, 1.54) is 0 Å². The van der Waals surface area contributed by atoms with Crippen LogP contribution < -0.4 is 5.32 Å². The summed E-state index contributed by atoms with van der Waals surface area (Å²) in [5.74, 6) is 0.433. The fourth-order valence-electron chi connectivity index (χ4n) is 1.85. The van der Waals surface area contributed by atoms with Gasteiger partial charge in [0.05, 0.1) is 5.69 Å². The minimum Gasteiger partial charge on any atom is -0.344 e. The van der Waals surface area contributed by atoms with E-state index < -0.39 is 0 Å². The van der Waals surface area contributed by atoms with Crippen molar-refractivity contribution in [3.05, 3.63) is 46.3 Å². The maximum Gasteiger partial charge on any atom is 0.273 e. The van der Waals surface area contributed by atoms with Crippen molar-refractivity contribution >= 4 is 27.7 Å². The van der Waals surface area contributed by atoms with E-state index in [0.29, 0.717) is 11.5 Å². The van der Waals surface area contributed by atoms with Crippen LogP contribution in [0.3, 0.4) is 0 Å². The first-order valence-electron chi connectivity index (χ1n) is 6.21. The number of aryl methyl sites for hydroxylation is 2. The molecule has 2 rings (SSSR count). The predicted octanol–water partition coefficient (Wildman–Crippen LogP) is 3.62. The van der Waals surface area contributed by atoms with Gasteiger partial charge in [0.15, 0.2) is 0 Å². The molecule has 100 valence electrons. The third kappa shape index (κ3) is 3.23. The van der Waals surface area contributed by atoms with E-state index in [1.807, 2.05) is 35.9 Å². The highest BCUT2D eigenvalue weighted by atomic mass is 79.9. The molecule has 0 aliphatic carbocycles. The Balaban J connectivity index is 2.16. The molecule has 2 heterocycles. The normalized spacial score (nSPS) is 10.5. The standard InChI is InChI=1S/C14H16BrN3O/c1-3-8-18-9-4-5-12(18)14(19)17-13-7-6-11(15)10(2)16-13/h4-7,9H,3,8H2,1-2H3,(H,16,17,19). The average molecular weight is 322 g/mol. The zero-order valence-electron chi connectivity index (χ0n) is 11.0. The molecule has 1 amide bonds. The molecule has 0 atom stereocenters. The molecule has 0 fully saturated rings. The van der Waals surface area contributed by atoms with Crippen LogP contribution >= 0.6 is 15.9 Å². The van der Waals surface area contributed by atoms with Crippen LogP contribution in [0.4, 0.5) is 5.82 Å². The SMILES string of the molecule is CCCn1cccc1C(=O)Nc1ccc(Br)c(C)n1. The summed E-state index contributed by atoms with van der Waals surface area (Å²) in [5, 5.41) is 2.82. The van der Waals surface area contributed by atoms with Gasteiger partial charge in [-0.2, -0.15) is 0 Å². The average Bonchev–Trinajstić information content (AvgIpc) is 2.83. The summed E-state index contributed by atoms with van der Waals surface area (Å²) < 4.78 is 2.88. The molecule has 0 unspecified atom stereocenters. The number of pyridine rings is 1. The lowest BCUT2D eigenvalue weighted by Crippen LogP contribution is -2.17. The lowest BCUT2D eigenvalue weighted by Gasteiger charge is -2.09. The lowest BCUT2D eigenvalue weighted by atomic mass is 10.3. The lowest BCUT2D eigenvalue weighted by molar-refractivity contribution is 0.101. The fraction of sp³-hybridized carbons (Fsp3) is 0.286. The van der Waals surface area contributed by atoms with E-state index in [1.54, 1.807) is 6.07 Å². The third-order valence-corrected chi connectivity index (χ3v) is 3.63. The molecule has 0 bridgehead atoms. The van der Waals surface area contributed by atoms with Crippen molar-refractivity contribution in [2.45, 2.75) is 26.8 Å². The van der Waals surface area contributed by atoms with Gasteiger partial charge in [-0.3, -0.25) is 4.79 Å². The van der Waals surface area contributed by atoms with Crippen molar-refractivity contribution < 1.29 is 4.79 Å². The second-order valence-electron chi connectivity index (χ2n) is 4.30. The number of hydrogen-bond donors (Lipinski definition) is 1. The number of anilines is 1. The molecule has 4 nitrogen and oxygen atoms in total. The number of amides is 1. The maximum atomic E-state index is 12.2. The number of rotatable bonds is 4. The Hall–Kier alpha value is -1.62. The molecule has 0 saturated heterocycles. The minimum atomic E-state index is -0.132. The molecule has 5 heteroatoms. The van der Waals surface area contributed by atoms with Gasteiger partial charge >= 0.3 is 0 Å². The summed E-state index contributed by atoms with van der Waals surface area (Å²) in [5.41, 5.74) is 1.51.